The highest BCUT2D eigenvalue weighted by Gasteiger charge is 2.19. The molecule has 1 rings (SSSR count). The smallest absolute Gasteiger partial charge is 0.335 e. The van der Waals surface area contributed by atoms with Gasteiger partial charge in [-0.15, -0.1) is 12.4 Å². The molecule has 0 amide bonds. The van der Waals surface area contributed by atoms with Gasteiger partial charge in [-0.3, -0.25) is 4.79 Å². The predicted molar refractivity (Wildman–Crippen MR) is 78.5 cm³/mol. The molecular formula is C14H20ClNO4. The van der Waals surface area contributed by atoms with Crippen LogP contribution in [0.1, 0.15) is 29.8 Å². The van der Waals surface area contributed by atoms with E-state index in [0.717, 1.165) is 5.56 Å². The van der Waals surface area contributed by atoms with E-state index in [1.54, 1.807) is 25.1 Å². The number of esters is 1. The summed E-state index contributed by atoms with van der Waals surface area (Å²) in [4.78, 5) is 22.6. The molecule has 0 aliphatic carbocycles. The average Bonchev–Trinajstić information content (AvgIpc) is 2.39. The standard InChI is InChI=1S/C14H19NO4.ClH/c1-3-15-12(14(18)19-4-2)9-10-6-5-7-11(8-10)13(16)17;/h5-8,12,15H,3-4,9H2,1-2H3,(H,16,17);1H/t12-;/m1./s1. The van der Waals surface area contributed by atoms with Crippen molar-refractivity contribution in [3.05, 3.63) is 35.4 Å². The number of hydrogen-bond donors (Lipinski definition) is 2. The van der Waals surface area contributed by atoms with Crippen molar-refractivity contribution in [2.75, 3.05) is 13.2 Å². The summed E-state index contributed by atoms with van der Waals surface area (Å²) in [6, 6.07) is 6.13. The molecule has 0 fully saturated rings. The summed E-state index contributed by atoms with van der Waals surface area (Å²) in [5, 5.41) is 12.0. The second-order valence-electron chi connectivity index (χ2n) is 4.07. The van der Waals surface area contributed by atoms with Gasteiger partial charge < -0.3 is 15.2 Å². The van der Waals surface area contributed by atoms with E-state index in [4.69, 9.17) is 9.84 Å². The van der Waals surface area contributed by atoms with Gasteiger partial charge in [0.25, 0.3) is 0 Å². The molecule has 0 spiro atoms. The predicted octanol–water partition coefficient (Wildman–Crippen LogP) is 1.89. The Morgan fingerprint density at radius 2 is 2.05 bits per heavy atom. The molecule has 0 aliphatic rings. The van der Waals surface area contributed by atoms with Gasteiger partial charge in [-0.2, -0.15) is 0 Å². The zero-order valence-electron chi connectivity index (χ0n) is 11.6. The lowest BCUT2D eigenvalue weighted by Crippen LogP contribution is -2.39. The first-order chi connectivity index (χ1) is 9.08. The average molecular weight is 302 g/mol. The number of likely N-dealkylation sites (N-methyl/N-ethyl adjacent to an activating group) is 1. The van der Waals surface area contributed by atoms with Crippen LogP contribution in [-0.2, 0) is 16.0 Å². The van der Waals surface area contributed by atoms with Crippen molar-refractivity contribution >= 4 is 24.3 Å². The highest BCUT2D eigenvalue weighted by molar-refractivity contribution is 5.87. The number of carbonyl (C=O) groups is 2. The molecule has 0 aromatic heterocycles. The van der Waals surface area contributed by atoms with E-state index in [1.165, 1.54) is 6.07 Å². The van der Waals surface area contributed by atoms with Crippen LogP contribution < -0.4 is 5.32 Å². The number of halogens is 1. The fraction of sp³-hybridized carbons (Fsp3) is 0.429. The van der Waals surface area contributed by atoms with Crippen LogP contribution in [0.4, 0.5) is 0 Å². The first-order valence-electron chi connectivity index (χ1n) is 6.30. The molecule has 5 nitrogen and oxygen atoms in total. The lowest BCUT2D eigenvalue weighted by atomic mass is 10.0. The number of carbonyl (C=O) groups excluding carboxylic acids is 1. The highest BCUT2D eigenvalue weighted by atomic mass is 35.5. The van der Waals surface area contributed by atoms with Crippen LogP contribution in [0.15, 0.2) is 24.3 Å². The number of rotatable bonds is 7. The summed E-state index contributed by atoms with van der Waals surface area (Å²) in [5.74, 6) is -1.29. The normalized spacial score (nSPS) is 11.3. The molecule has 0 bridgehead atoms. The zero-order valence-corrected chi connectivity index (χ0v) is 12.4. The Morgan fingerprint density at radius 3 is 2.60 bits per heavy atom. The first-order valence-corrected chi connectivity index (χ1v) is 6.30. The van der Waals surface area contributed by atoms with Crippen LogP contribution in [-0.4, -0.2) is 36.2 Å². The maximum absolute atomic E-state index is 11.8. The van der Waals surface area contributed by atoms with Crippen molar-refractivity contribution in [3.8, 4) is 0 Å². The minimum atomic E-state index is -0.974. The number of hydrogen-bond acceptors (Lipinski definition) is 4. The van der Waals surface area contributed by atoms with Crippen molar-refractivity contribution in [2.24, 2.45) is 0 Å². The zero-order chi connectivity index (χ0) is 14.3. The molecule has 0 heterocycles. The summed E-state index contributed by atoms with van der Waals surface area (Å²) < 4.78 is 4.99. The second-order valence-corrected chi connectivity index (χ2v) is 4.07. The molecule has 112 valence electrons. The first kappa shape index (κ1) is 18.4. The Kier molecular flexibility index (Phi) is 8.59. The Bertz CT molecular complexity index is 451. The minimum absolute atomic E-state index is 0. The summed E-state index contributed by atoms with van der Waals surface area (Å²) >= 11 is 0. The number of benzene rings is 1. The molecule has 0 radical (unpaired) electrons. The summed E-state index contributed by atoms with van der Waals surface area (Å²) in [7, 11) is 0. The van der Waals surface area contributed by atoms with Crippen molar-refractivity contribution in [3.63, 3.8) is 0 Å². The lowest BCUT2D eigenvalue weighted by Gasteiger charge is -2.16. The van der Waals surface area contributed by atoms with Crippen molar-refractivity contribution in [1.82, 2.24) is 5.32 Å². The van der Waals surface area contributed by atoms with Gasteiger partial charge in [0.1, 0.15) is 6.04 Å². The van der Waals surface area contributed by atoms with Crippen molar-refractivity contribution in [1.29, 1.82) is 0 Å². The number of aromatic carboxylic acids is 1. The Labute approximate surface area is 124 Å². The molecule has 1 aromatic carbocycles. The van der Waals surface area contributed by atoms with Crippen LogP contribution in [0.5, 0.6) is 0 Å². The Morgan fingerprint density at radius 1 is 1.35 bits per heavy atom. The van der Waals surface area contributed by atoms with Gasteiger partial charge in [0.05, 0.1) is 12.2 Å². The SMILES string of the molecule is CCN[C@H](Cc1cccc(C(=O)O)c1)C(=O)OCC.Cl. The van der Waals surface area contributed by atoms with Crippen LogP contribution in [0.2, 0.25) is 0 Å². The van der Waals surface area contributed by atoms with Crippen molar-refractivity contribution in [2.45, 2.75) is 26.3 Å². The van der Waals surface area contributed by atoms with Crippen molar-refractivity contribution < 1.29 is 19.4 Å². The number of nitrogens with one attached hydrogen (secondary N) is 1. The maximum atomic E-state index is 11.8. The quantitative estimate of drug-likeness (QED) is 0.752. The maximum Gasteiger partial charge on any atom is 0.335 e. The van der Waals surface area contributed by atoms with E-state index in [-0.39, 0.29) is 23.9 Å². The van der Waals surface area contributed by atoms with Crippen LogP contribution in [0.3, 0.4) is 0 Å². The molecule has 6 heteroatoms. The van der Waals surface area contributed by atoms with E-state index < -0.39 is 12.0 Å². The highest BCUT2D eigenvalue weighted by Crippen LogP contribution is 2.09. The fourth-order valence-electron chi connectivity index (χ4n) is 1.80. The molecular weight excluding hydrogens is 282 g/mol. The van der Waals surface area contributed by atoms with Crippen LogP contribution in [0.25, 0.3) is 0 Å². The second kappa shape index (κ2) is 9.34. The van der Waals surface area contributed by atoms with Crippen LogP contribution >= 0.6 is 12.4 Å². The van der Waals surface area contributed by atoms with E-state index >= 15 is 0 Å². The molecule has 0 unspecified atom stereocenters. The molecule has 0 saturated carbocycles. The van der Waals surface area contributed by atoms with E-state index in [1.807, 2.05) is 6.92 Å². The topological polar surface area (TPSA) is 75.6 Å². The van der Waals surface area contributed by atoms with Gasteiger partial charge in [0.15, 0.2) is 0 Å². The van der Waals surface area contributed by atoms with E-state index in [9.17, 15) is 9.59 Å². The van der Waals surface area contributed by atoms with Gasteiger partial charge in [0, 0.05) is 0 Å². The third kappa shape index (κ3) is 5.59. The Balaban J connectivity index is 0.00000361. The molecule has 1 aromatic rings. The van der Waals surface area contributed by atoms with Gasteiger partial charge >= 0.3 is 11.9 Å². The Hall–Kier alpha value is -1.59. The minimum Gasteiger partial charge on any atom is -0.478 e. The third-order valence-electron chi connectivity index (χ3n) is 2.64. The third-order valence-corrected chi connectivity index (χ3v) is 2.64. The molecule has 2 N–H and O–H groups in total. The van der Waals surface area contributed by atoms with E-state index in [0.29, 0.717) is 19.6 Å². The number of carboxylic acid groups (broad SMARTS) is 1. The molecule has 0 aliphatic heterocycles. The summed E-state index contributed by atoms with van der Waals surface area (Å²) in [5.41, 5.74) is 1.01. The van der Waals surface area contributed by atoms with Gasteiger partial charge in [-0.1, -0.05) is 19.1 Å². The molecule has 1 atom stereocenters. The van der Waals surface area contributed by atoms with Gasteiger partial charge in [-0.05, 0) is 37.6 Å². The lowest BCUT2D eigenvalue weighted by molar-refractivity contribution is -0.145. The van der Waals surface area contributed by atoms with E-state index in [2.05, 4.69) is 5.32 Å². The number of ether oxygens (including phenoxy) is 1. The van der Waals surface area contributed by atoms with Gasteiger partial charge in [0.2, 0.25) is 0 Å². The largest absolute Gasteiger partial charge is 0.478 e. The summed E-state index contributed by atoms with van der Waals surface area (Å²) in [6.45, 7) is 4.63. The van der Waals surface area contributed by atoms with Crippen LogP contribution in [0, 0.1) is 0 Å². The molecule has 20 heavy (non-hydrogen) atoms. The fourth-order valence-corrected chi connectivity index (χ4v) is 1.80. The monoisotopic (exact) mass is 301 g/mol. The number of carboxylic acids is 1. The molecule has 0 saturated heterocycles. The summed E-state index contributed by atoms with van der Waals surface area (Å²) in [6.07, 6.45) is 0.411. The van der Waals surface area contributed by atoms with Gasteiger partial charge in [-0.25, -0.2) is 4.79 Å².